The summed E-state index contributed by atoms with van der Waals surface area (Å²) in [6.07, 6.45) is 6.31. The molecule has 0 radical (unpaired) electrons. The van der Waals surface area contributed by atoms with Crippen LogP contribution in [0.2, 0.25) is 0 Å². The molecule has 0 saturated carbocycles. The molecule has 1 aliphatic carbocycles. The highest BCUT2D eigenvalue weighted by molar-refractivity contribution is 5.29. The van der Waals surface area contributed by atoms with Gasteiger partial charge in [-0.05, 0) is 66.2 Å². The van der Waals surface area contributed by atoms with Gasteiger partial charge in [0, 0.05) is 0 Å². The third kappa shape index (κ3) is 3.33. The molecule has 0 amide bonds. The number of ether oxygens (including phenoxy) is 2. The molecule has 5 heteroatoms. The maximum Gasteiger partial charge on any atom is 0.187 e. The van der Waals surface area contributed by atoms with E-state index in [4.69, 9.17) is 9.47 Å². The molecular formula is C20H32O5. The molecule has 2 heterocycles. The van der Waals surface area contributed by atoms with E-state index in [0.717, 1.165) is 24.8 Å². The van der Waals surface area contributed by atoms with Gasteiger partial charge in [0.15, 0.2) is 6.29 Å². The molecule has 0 aromatic heterocycles. The second-order valence-corrected chi connectivity index (χ2v) is 8.52. The molecule has 25 heavy (non-hydrogen) atoms. The van der Waals surface area contributed by atoms with Crippen molar-refractivity contribution in [1.29, 1.82) is 0 Å². The lowest BCUT2D eigenvalue weighted by Crippen LogP contribution is -2.39. The van der Waals surface area contributed by atoms with Gasteiger partial charge in [-0.3, -0.25) is 0 Å². The van der Waals surface area contributed by atoms with Crippen LogP contribution >= 0.6 is 0 Å². The van der Waals surface area contributed by atoms with Gasteiger partial charge in [0.1, 0.15) is 17.3 Å². The lowest BCUT2D eigenvalue weighted by atomic mass is 9.84. The van der Waals surface area contributed by atoms with Crippen molar-refractivity contribution in [3.63, 3.8) is 0 Å². The van der Waals surface area contributed by atoms with Crippen LogP contribution in [0.25, 0.3) is 0 Å². The number of epoxide rings is 1. The van der Waals surface area contributed by atoms with Gasteiger partial charge in [-0.2, -0.15) is 0 Å². The van der Waals surface area contributed by atoms with Gasteiger partial charge < -0.3 is 24.8 Å². The van der Waals surface area contributed by atoms with Crippen LogP contribution in [0, 0.1) is 0 Å². The minimum absolute atomic E-state index is 0.277. The van der Waals surface area contributed by atoms with E-state index in [2.05, 4.69) is 13.0 Å². The number of rotatable bonds is 0. The first-order valence-electron chi connectivity index (χ1n) is 9.38. The highest BCUT2D eigenvalue weighted by Crippen LogP contribution is 2.62. The van der Waals surface area contributed by atoms with Crippen LogP contribution < -0.4 is 0 Å². The molecule has 0 aromatic carbocycles. The van der Waals surface area contributed by atoms with Crippen molar-refractivity contribution >= 4 is 0 Å². The number of aliphatic hydroxyl groups excluding tert-OH is 2. The quantitative estimate of drug-likeness (QED) is 0.461. The molecule has 6 atom stereocenters. The summed E-state index contributed by atoms with van der Waals surface area (Å²) in [6.45, 7) is 7.71. The second kappa shape index (κ2) is 6.46. The van der Waals surface area contributed by atoms with Gasteiger partial charge in [0.25, 0.3) is 0 Å². The van der Waals surface area contributed by atoms with Crippen LogP contribution in [0.5, 0.6) is 0 Å². The van der Waals surface area contributed by atoms with Crippen molar-refractivity contribution in [2.75, 3.05) is 0 Å². The first kappa shape index (κ1) is 19.1. The maximum atomic E-state index is 10.5. The van der Waals surface area contributed by atoms with E-state index in [1.165, 1.54) is 5.57 Å². The second-order valence-electron chi connectivity index (χ2n) is 8.52. The highest BCUT2D eigenvalue weighted by atomic mass is 16.7. The molecule has 142 valence electrons. The Balaban J connectivity index is 1.84. The van der Waals surface area contributed by atoms with E-state index in [0.29, 0.717) is 19.3 Å². The fourth-order valence-corrected chi connectivity index (χ4v) is 4.23. The van der Waals surface area contributed by atoms with E-state index >= 15 is 0 Å². The van der Waals surface area contributed by atoms with Gasteiger partial charge in [-0.25, -0.2) is 0 Å². The number of hydrogen-bond donors (Lipinski definition) is 3. The zero-order valence-electron chi connectivity index (χ0n) is 15.8. The van der Waals surface area contributed by atoms with Crippen molar-refractivity contribution in [3.05, 3.63) is 23.3 Å². The summed E-state index contributed by atoms with van der Waals surface area (Å²) >= 11 is 0. The molecule has 0 unspecified atom stereocenters. The molecule has 2 fully saturated rings. The van der Waals surface area contributed by atoms with E-state index in [1.54, 1.807) is 6.92 Å². The molecule has 3 aliphatic rings. The number of aliphatic hydroxyl groups is 3. The topological polar surface area (TPSA) is 82.5 Å². The van der Waals surface area contributed by atoms with E-state index in [1.807, 2.05) is 19.9 Å². The highest BCUT2D eigenvalue weighted by Gasteiger charge is 2.79. The Labute approximate surface area is 150 Å². The smallest absolute Gasteiger partial charge is 0.187 e. The van der Waals surface area contributed by atoms with Crippen LogP contribution in [-0.2, 0) is 9.47 Å². The van der Waals surface area contributed by atoms with Crippen molar-refractivity contribution in [3.8, 4) is 0 Å². The molecule has 2 aliphatic heterocycles. The van der Waals surface area contributed by atoms with Crippen molar-refractivity contribution in [2.45, 2.75) is 102 Å². The van der Waals surface area contributed by atoms with Gasteiger partial charge in [0.2, 0.25) is 0 Å². The first-order valence-corrected chi connectivity index (χ1v) is 9.38. The largest absolute Gasteiger partial charge is 0.390 e. The number of hydrogen-bond acceptors (Lipinski definition) is 5. The van der Waals surface area contributed by atoms with Crippen molar-refractivity contribution < 1.29 is 24.8 Å². The maximum absolute atomic E-state index is 10.5. The summed E-state index contributed by atoms with van der Waals surface area (Å²) in [5.41, 5.74) is 0.137. The standard InChI is InChI=1S/C20H32O5/c1-13-6-5-10-18(3,23)15(21)8-7-14(2)12-16-20(11-9-13)19(4,25-20)17(22)24-16/h6,12,15-17,21-23H,5,7-11H2,1-4H3/t15-,16-,17+,18-,19+,20-/m0/s1. The van der Waals surface area contributed by atoms with E-state index in [-0.39, 0.29) is 6.10 Å². The molecule has 1 spiro atoms. The SMILES string of the molecule is CC1=C[C@@H]2O[C@@H](O)[C@@]3(C)O[C@@]23CCC(C)=CCC[C@](C)(O)[C@@H](O)CC1. The summed E-state index contributed by atoms with van der Waals surface area (Å²) in [7, 11) is 0. The van der Waals surface area contributed by atoms with E-state index in [9.17, 15) is 15.3 Å². The molecule has 5 nitrogen and oxygen atoms in total. The molecular weight excluding hydrogens is 320 g/mol. The Morgan fingerprint density at radius 1 is 1.08 bits per heavy atom. The summed E-state index contributed by atoms with van der Waals surface area (Å²) in [4.78, 5) is 0. The molecule has 2 saturated heterocycles. The average molecular weight is 352 g/mol. The zero-order chi connectivity index (χ0) is 18.5. The van der Waals surface area contributed by atoms with Crippen molar-refractivity contribution in [2.24, 2.45) is 0 Å². The summed E-state index contributed by atoms with van der Waals surface area (Å²) < 4.78 is 11.8. The lowest BCUT2D eigenvalue weighted by molar-refractivity contribution is -0.154. The Kier molecular flexibility index (Phi) is 4.93. The van der Waals surface area contributed by atoms with Crippen LogP contribution in [-0.4, -0.2) is 50.6 Å². The third-order valence-corrected chi connectivity index (χ3v) is 6.40. The Bertz CT molecular complexity index is 581. The number of allylic oxidation sites excluding steroid dienone is 3. The molecule has 0 bridgehead atoms. The van der Waals surface area contributed by atoms with Gasteiger partial charge >= 0.3 is 0 Å². The van der Waals surface area contributed by atoms with Crippen LogP contribution in [0.3, 0.4) is 0 Å². The summed E-state index contributed by atoms with van der Waals surface area (Å²) in [5.74, 6) is 0. The van der Waals surface area contributed by atoms with Gasteiger partial charge in [-0.15, -0.1) is 0 Å². The molecule has 3 N–H and O–H groups in total. The minimum atomic E-state index is -1.08. The van der Waals surface area contributed by atoms with E-state index < -0.39 is 29.2 Å². The normalized spacial score (nSPS) is 48.7. The fraction of sp³-hybridized carbons (Fsp3) is 0.800. The Morgan fingerprint density at radius 3 is 2.48 bits per heavy atom. The van der Waals surface area contributed by atoms with Crippen molar-refractivity contribution in [1.82, 2.24) is 0 Å². The van der Waals surface area contributed by atoms with Crippen LogP contribution in [0.4, 0.5) is 0 Å². The Hall–Kier alpha value is -0.720. The van der Waals surface area contributed by atoms with Gasteiger partial charge in [-0.1, -0.05) is 23.3 Å². The van der Waals surface area contributed by atoms with Crippen LogP contribution in [0.15, 0.2) is 23.3 Å². The van der Waals surface area contributed by atoms with Crippen LogP contribution in [0.1, 0.15) is 66.2 Å². The monoisotopic (exact) mass is 352 g/mol. The molecule has 3 rings (SSSR count). The summed E-state index contributed by atoms with van der Waals surface area (Å²) in [6, 6.07) is 0. The summed E-state index contributed by atoms with van der Waals surface area (Å²) in [5, 5.41) is 31.1. The third-order valence-electron chi connectivity index (χ3n) is 6.40. The fourth-order valence-electron chi connectivity index (χ4n) is 4.23. The lowest BCUT2D eigenvalue weighted by Gasteiger charge is -2.29. The average Bonchev–Trinajstić information content (AvgIpc) is 3.10. The zero-order valence-corrected chi connectivity index (χ0v) is 15.8. The minimum Gasteiger partial charge on any atom is -0.390 e. The Morgan fingerprint density at radius 2 is 1.80 bits per heavy atom. The molecule has 0 aromatic rings. The van der Waals surface area contributed by atoms with Gasteiger partial charge in [0.05, 0.1) is 11.7 Å². The first-order chi connectivity index (χ1) is 11.6. The predicted molar refractivity (Wildman–Crippen MR) is 94.9 cm³/mol. The predicted octanol–water partition coefficient (Wildman–Crippen LogP) is 2.59.